The van der Waals surface area contributed by atoms with Gasteiger partial charge in [-0.1, -0.05) is 0 Å². The van der Waals surface area contributed by atoms with Crippen LogP contribution < -0.4 is 0 Å². The Morgan fingerprint density at radius 3 is 3.00 bits per heavy atom. The van der Waals surface area contributed by atoms with Crippen molar-refractivity contribution in [2.45, 2.75) is 20.0 Å². The van der Waals surface area contributed by atoms with Gasteiger partial charge in [-0.15, -0.1) is 11.3 Å². The minimum atomic E-state index is -0.472. The zero-order valence-electron chi connectivity index (χ0n) is 13.4. The van der Waals surface area contributed by atoms with Crippen LogP contribution >= 0.6 is 11.3 Å². The van der Waals surface area contributed by atoms with Crippen molar-refractivity contribution in [3.63, 3.8) is 0 Å². The highest BCUT2D eigenvalue weighted by Crippen LogP contribution is 2.28. The van der Waals surface area contributed by atoms with Gasteiger partial charge in [-0.2, -0.15) is 5.10 Å². The lowest BCUT2D eigenvalue weighted by Crippen LogP contribution is -2.46. The molecule has 0 spiro atoms. The van der Waals surface area contributed by atoms with Crippen LogP contribution in [0.2, 0.25) is 0 Å². The van der Waals surface area contributed by atoms with E-state index in [1.165, 1.54) is 11.3 Å². The van der Waals surface area contributed by atoms with Crippen molar-refractivity contribution in [3.8, 4) is 0 Å². The normalized spacial score (nSPS) is 18.4. The summed E-state index contributed by atoms with van der Waals surface area (Å²) in [5, 5.41) is 5.24. The van der Waals surface area contributed by atoms with Gasteiger partial charge in [0.2, 0.25) is 0 Å². The van der Waals surface area contributed by atoms with Crippen molar-refractivity contribution in [2.75, 3.05) is 26.3 Å². The standard InChI is InChI=1S/C15H19N3O4S/c1-9-7-18(4-5-21-9)13(19)8-22-15(20)12-6-11-10(2)16-17(3)14(11)23-12/h6,9H,4-5,7-8H2,1-3H3. The Labute approximate surface area is 137 Å². The Hall–Kier alpha value is -1.93. The van der Waals surface area contributed by atoms with E-state index in [1.54, 1.807) is 15.6 Å². The monoisotopic (exact) mass is 337 g/mol. The lowest BCUT2D eigenvalue weighted by atomic mass is 10.3. The van der Waals surface area contributed by atoms with Gasteiger partial charge in [0.25, 0.3) is 5.91 Å². The molecule has 1 fully saturated rings. The van der Waals surface area contributed by atoms with Gasteiger partial charge < -0.3 is 14.4 Å². The van der Waals surface area contributed by atoms with E-state index in [2.05, 4.69) is 5.10 Å². The van der Waals surface area contributed by atoms with Crippen LogP contribution in [0, 0.1) is 6.92 Å². The smallest absolute Gasteiger partial charge is 0.348 e. The summed E-state index contributed by atoms with van der Waals surface area (Å²) in [5.41, 5.74) is 0.871. The molecule has 0 saturated carbocycles. The highest BCUT2D eigenvalue weighted by atomic mass is 32.1. The lowest BCUT2D eigenvalue weighted by molar-refractivity contribution is -0.141. The molecular formula is C15H19N3O4S. The number of aryl methyl sites for hydroxylation is 2. The summed E-state index contributed by atoms with van der Waals surface area (Å²) in [6.07, 6.45) is 0.0153. The number of hydrogen-bond acceptors (Lipinski definition) is 6. The molecule has 1 atom stereocenters. The van der Waals surface area contributed by atoms with E-state index >= 15 is 0 Å². The molecule has 3 rings (SSSR count). The van der Waals surface area contributed by atoms with E-state index in [0.29, 0.717) is 24.6 Å². The van der Waals surface area contributed by atoms with Crippen LogP contribution in [-0.2, 0) is 21.3 Å². The van der Waals surface area contributed by atoms with Gasteiger partial charge in [0.05, 0.1) is 18.4 Å². The average Bonchev–Trinajstić information content (AvgIpc) is 3.07. The number of nitrogens with zero attached hydrogens (tertiary/aromatic N) is 3. The van der Waals surface area contributed by atoms with E-state index in [4.69, 9.17) is 9.47 Å². The van der Waals surface area contributed by atoms with E-state index in [9.17, 15) is 9.59 Å². The summed E-state index contributed by atoms with van der Waals surface area (Å²) in [6, 6.07) is 1.77. The average molecular weight is 337 g/mol. The molecule has 3 heterocycles. The second-order valence-corrected chi connectivity index (χ2v) is 6.67. The Morgan fingerprint density at radius 1 is 1.52 bits per heavy atom. The first-order chi connectivity index (χ1) is 11.0. The lowest BCUT2D eigenvalue weighted by Gasteiger charge is -2.30. The van der Waals surface area contributed by atoms with Crippen molar-refractivity contribution in [1.29, 1.82) is 0 Å². The zero-order chi connectivity index (χ0) is 16.6. The molecule has 124 valence electrons. The van der Waals surface area contributed by atoms with Gasteiger partial charge in [-0.25, -0.2) is 4.79 Å². The van der Waals surface area contributed by atoms with Crippen LogP contribution in [0.5, 0.6) is 0 Å². The summed E-state index contributed by atoms with van der Waals surface area (Å²) < 4.78 is 12.3. The first-order valence-corrected chi connectivity index (χ1v) is 8.27. The first-order valence-electron chi connectivity index (χ1n) is 7.45. The molecular weight excluding hydrogens is 318 g/mol. The summed E-state index contributed by atoms with van der Waals surface area (Å²) >= 11 is 1.32. The zero-order valence-corrected chi connectivity index (χ0v) is 14.2. The number of morpholine rings is 1. The molecule has 0 N–H and O–H groups in total. The number of aromatic nitrogens is 2. The molecule has 23 heavy (non-hydrogen) atoms. The van der Waals surface area contributed by atoms with E-state index in [0.717, 1.165) is 15.9 Å². The van der Waals surface area contributed by atoms with Crippen LogP contribution in [0.4, 0.5) is 0 Å². The number of thiophene rings is 1. The third-order valence-corrected chi connectivity index (χ3v) is 5.00. The molecule has 1 aliphatic heterocycles. The van der Waals surface area contributed by atoms with Crippen LogP contribution in [0.1, 0.15) is 22.3 Å². The predicted molar refractivity (Wildman–Crippen MR) is 85.6 cm³/mol. The molecule has 8 heteroatoms. The van der Waals surface area contributed by atoms with Crippen LogP contribution in [-0.4, -0.2) is 59.0 Å². The fourth-order valence-corrected chi connectivity index (χ4v) is 3.66. The maximum atomic E-state index is 12.1. The van der Waals surface area contributed by atoms with Crippen molar-refractivity contribution in [3.05, 3.63) is 16.6 Å². The number of rotatable bonds is 3. The Morgan fingerprint density at radius 2 is 2.30 bits per heavy atom. The second-order valence-electron chi connectivity index (χ2n) is 5.64. The van der Waals surface area contributed by atoms with Gasteiger partial charge >= 0.3 is 5.97 Å². The Bertz CT molecular complexity index is 717. The second kappa shape index (κ2) is 6.29. The third-order valence-electron chi connectivity index (χ3n) is 3.82. The molecule has 1 amide bonds. The Kier molecular flexibility index (Phi) is 4.36. The van der Waals surface area contributed by atoms with Crippen molar-refractivity contribution in [1.82, 2.24) is 14.7 Å². The molecule has 7 nitrogen and oxygen atoms in total. The SMILES string of the molecule is Cc1nn(C)c2sc(C(=O)OCC(=O)N3CCOC(C)C3)cc12. The summed E-state index contributed by atoms with van der Waals surface area (Å²) in [4.78, 5) is 27.3. The van der Waals surface area contributed by atoms with Gasteiger partial charge in [-0.05, 0) is 19.9 Å². The van der Waals surface area contributed by atoms with E-state index < -0.39 is 5.97 Å². The molecule has 0 aliphatic carbocycles. The molecule has 0 aromatic carbocycles. The molecule has 1 aliphatic rings. The van der Waals surface area contributed by atoms with Crippen LogP contribution in [0.25, 0.3) is 10.2 Å². The van der Waals surface area contributed by atoms with Gasteiger partial charge in [0.1, 0.15) is 9.71 Å². The van der Waals surface area contributed by atoms with Gasteiger partial charge in [-0.3, -0.25) is 9.48 Å². The Balaban J connectivity index is 1.62. The highest BCUT2D eigenvalue weighted by Gasteiger charge is 2.23. The number of hydrogen-bond donors (Lipinski definition) is 0. The predicted octanol–water partition coefficient (Wildman–Crippen LogP) is 1.35. The number of fused-ring (bicyclic) bond motifs is 1. The minimum absolute atomic E-state index is 0.0153. The van der Waals surface area contributed by atoms with Gasteiger partial charge in [0, 0.05) is 25.5 Å². The fraction of sp³-hybridized carbons (Fsp3) is 0.533. The summed E-state index contributed by atoms with van der Waals surface area (Å²) in [5.74, 6) is -0.660. The largest absolute Gasteiger partial charge is 0.451 e. The van der Waals surface area contributed by atoms with Crippen LogP contribution in [0.3, 0.4) is 0 Å². The number of ether oxygens (including phenoxy) is 2. The molecule has 1 saturated heterocycles. The number of carbonyl (C=O) groups excluding carboxylic acids is 2. The van der Waals surface area contributed by atoms with Gasteiger partial charge in [0.15, 0.2) is 6.61 Å². The molecule has 0 radical (unpaired) electrons. The van der Waals surface area contributed by atoms with Crippen molar-refractivity contribution >= 4 is 33.4 Å². The summed E-state index contributed by atoms with van der Waals surface area (Å²) in [7, 11) is 1.84. The quantitative estimate of drug-likeness (QED) is 0.791. The summed E-state index contributed by atoms with van der Waals surface area (Å²) in [6.45, 7) is 5.16. The molecule has 0 bridgehead atoms. The molecule has 2 aromatic rings. The maximum Gasteiger partial charge on any atom is 0.348 e. The van der Waals surface area contributed by atoms with E-state index in [-0.39, 0.29) is 18.6 Å². The molecule has 2 aromatic heterocycles. The van der Waals surface area contributed by atoms with Crippen molar-refractivity contribution < 1.29 is 19.1 Å². The van der Waals surface area contributed by atoms with E-state index in [1.807, 2.05) is 20.9 Å². The highest BCUT2D eigenvalue weighted by molar-refractivity contribution is 7.20. The number of amides is 1. The van der Waals surface area contributed by atoms with Crippen LogP contribution in [0.15, 0.2) is 6.07 Å². The van der Waals surface area contributed by atoms with Crippen molar-refractivity contribution in [2.24, 2.45) is 7.05 Å². The fourth-order valence-electron chi connectivity index (χ4n) is 2.64. The topological polar surface area (TPSA) is 73.7 Å². The third kappa shape index (κ3) is 3.23. The number of esters is 1. The molecule has 1 unspecified atom stereocenters. The maximum absolute atomic E-state index is 12.1. The number of carbonyl (C=O) groups is 2. The minimum Gasteiger partial charge on any atom is -0.451 e. The first kappa shape index (κ1) is 15.9.